The molecule has 0 bridgehead atoms. The van der Waals surface area contributed by atoms with E-state index < -0.39 is 0 Å². The molecule has 3 heteroatoms. The first kappa shape index (κ1) is 12.9. The van der Waals surface area contributed by atoms with E-state index >= 15 is 0 Å². The van der Waals surface area contributed by atoms with Crippen molar-refractivity contribution >= 4 is 17.3 Å². The van der Waals surface area contributed by atoms with Crippen LogP contribution in [0.15, 0.2) is 18.2 Å². The lowest BCUT2D eigenvalue weighted by molar-refractivity contribution is 0.671. The van der Waals surface area contributed by atoms with Gasteiger partial charge in [-0.25, -0.2) is 0 Å². The molecule has 0 amide bonds. The monoisotopic (exact) mass is 236 g/mol. The SMILES string of the molecule is CCCN(c1ccc(C#N)cc1Cl)C(C)C. The third kappa shape index (κ3) is 2.90. The first-order valence-corrected chi connectivity index (χ1v) is 5.94. The van der Waals surface area contributed by atoms with E-state index in [1.165, 1.54) is 0 Å². The molecule has 0 aliphatic carbocycles. The first-order valence-electron chi connectivity index (χ1n) is 5.56. The summed E-state index contributed by atoms with van der Waals surface area (Å²) in [7, 11) is 0. The van der Waals surface area contributed by atoms with Crippen molar-refractivity contribution in [1.82, 2.24) is 0 Å². The molecule has 0 N–H and O–H groups in total. The fraction of sp³-hybridized carbons (Fsp3) is 0.462. The van der Waals surface area contributed by atoms with Gasteiger partial charge in [-0.15, -0.1) is 0 Å². The van der Waals surface area contributed by atoms with Crippen LogP contribution >= 0.6 is 11.6 Å². The highest BCUT2D eigenvalue weighted by molar-refractivity contribution is 6.33. The molecular weight excluding hydrogens is 220 g/mol. The summed E-state index contributed by atoms with van der Waals surface area (Å²) in [5, 5.41) is 9.44. The standard InChI is InChI=1S/C13H17ClN2/c1-4-7-16(10(2)3)13-6-5-11(9-15)8-12(13)14/h5-6,8,10H,4,7H2,1-3H3. The van der Waals surface area contributed by atoms with Crippen molar-refractivity contribution in [2.24, 2.45) is 0 Å². The number of benzene rings is 1. The Hall–Kier alpha value is -1.20. The minimum absolute atomic E-state index is 0.408. The quantitative estimate of drug-likeness (QED) is 0.794. The minimum atomic E-state index is 0.408. The van der Waals surface area contributed by atoms with Crippen molar-refractivity contribution in [1.29, 1.82) is 5.26 Å². The molecular formula is C13H17ClN2. The van der Waals surface area contributed by atoms with Crippen LogP contribution in [-0.4, -0.2) is 12.6 Å². The molecule has 0 unspecified atom stereocenters. The van der Waals surface area contributed by atoms with Gasteiger partial charge in [-0.1, -0.05) is 18.5 Å². The number of hydrogen-bond donors (Lipinski definition) is 0. The van der Waals surface area contributed by atoms with Crippen LogP contribution in [0.5, 0.6) is 0 Å². The van der Waals surface area contributed by atoms with Crippen molar-refractivity contribution < 1.29 is 0 Å². The summed E-state index contributed by atoms with van der Waals surface area (Å²) in [4.78, 5) is 2.25. The summed E-state index contributed by atoms with van der Waals surface area (Å²) in [6.07, 6.45) is 1.08. The molecule has 0 saturated heterocycles. The van der Waals surface area contributed by atoms with Gasteiger partial charge in [-0.2, -0.15) is 5.26 Å². The van der Waals surface area contributed by atoms with Crippen LogP contribution < -0.4 is 4.90 Å². The van der Waals surface area contributed by atoms with Crippen molar-refractivity contribution in [3.8, 4) is 6.07 Å². The highest BCUT2D eigenvalue weighted by atomic mass is 35.5. The van der Waals surface area contributed by atoms with Gasteiger partial charge >= 0.3 is 0 Å². The third-order valence-corrected chi connectivity index (χ3v) is 2.78. The lowest BCUT2D eigenvalue weighted by Crippen LogP contribution is -2.31. The molecule has 0 aliphatic rings. The van der Waals surface area contributed by atoms with E-state index in [0.717, 1.165) is 18.7 Å². The van der Waals surface area contributed by atoms with Crippen molar-refractivity contribution in [3.05, 3.63) is 28.8 Å². The lowest BCUT2D eigenvalue weighted by atomic mass is 10.1. The van der Waals surface area contributed by atoms with Crippen LogP contribution in [0.1, 0.15) is 32.8 Å². The van der Waals surface area contributed by atoms with Gasteiger partial charge in [-0.3, -0.25) is 0 Å². The minimum Gasteiger partial charge on any atom is -0.368 e. The number of nitrogens with zero attached hydrogens (tertiary/aromatic N) is 2. The van der Waals surface area contributed by atoms with E-state index in [2.05, 4.69) is 31.7 Å². The average Bonchev–Trinajstić information content (AvgIpc) is 2.26. The van der Waals surface area contributed by atoms with Gasteiger partial charge in [-0.05, 0) is 38.5 Å². The topological polar surface area (TPSA) is 27.0 Å². The maximum absolute atomic E-state index is 8.78. The fourth-order valence-corrected chi connectivity index (χ4v) is 2.00. The van der Waals surface area contributed by atoms with Crippen LogP contribution in [-0.2, 0) is 0 Å². The molecule has 0 atom stereocenters. The Bertz CT molecular complexity index is 393. The molecule has 0 saturated carbocycles. The summed E-state index contributed by atoms with van der Waals surface area (Å²) in [6.45, 7) is 7.41. The third-order valence-electron chi connectivity index (χ3n) is 2.47. The van der Waals surface area contributed by atoms with Gasteiger partial charge in [0.2, 0.25) is 0 Å². The van der Waals surface area contributed by atoms with Gasteiger partial charge in [0, 0.05) is 12.6 Å². The summed E-state index contributed by atoms with van der Waals surface area (Å²) in [6, 6.07) is 7.96. The molecule has 0 aliphatic heterocycles. The van der Waals surface area contributed by atoms with E-state index in [-0.39, 0.29) is 0 Å². The van der Waals surface area contributed by atoms with E-state index in [1.807, 2.05) is 12.1 Å². The van der Waals surface area contributed by atoms with Gasteiger partial charge in [0.1, 0.15) is 0 Å². The molecule has 1 rings (SSSR count). The zero-order valence-electron chi connectivity index (χ0n) is 10.00. The van der Waals surface area contributed by atoms with Crippen LogP contribution in [0.3, 0.4) is 0 Å². The molecule has 2 nitrogen and oxygen atoms in total. The Kier molecular flexibility index (Phi) is 4.64. The Labute approximate surface area is 102 Å². The fourth-order valence-electron chi connectivity index (χ4n) is 1.71. The van der Waals surface area contributed by atoms with Crippen LogP contribution in [0.2, 0.25) is 5.02 Å². The van der Waals surface area contributed by atoms with Crippen LogP contribution in [0.4, 0.5) is 5.69 Å². The second-order valence-electron chi connectivity index (χ2n) is 4.07. The molecule has 0 aromatic heterocycles. The van der Waals surface area contributed by atoms with Gasteiger partial charge in [0.25, 0.3) is 0 Å². The average molecular weight is 237 g/mol. The smallest absolute Gasteiger partial charge is 0.0992 e. The van der Waals surface area contributed by atoms with E-state index in [4.69, 9.17) is 16.9 Å². The Morgan fingerprint density at radius 3 is 2.56 bits per heavy atom. The van der Waals surface area contributed by atoms with E-state index in [1.54, 1.807) is 6.07 Å². The molecule has 1 aromatic carbocycles. The first-order chi connectivity index (χ1) is 7.60. The molecule has 0 radical (unpaired) electrons. The van der Waals surface area contributed by atoms with Crippen molar-refractivity contribution in [2.75, 3.05) is 11.4 Å². The Morgan fingerprint density at radius 2 is 2.12 bits per heavy atom. The second-order valence-corrected chi connectivity index (χ2v) is 4.47. The lowest BCUT2D eigenvalue weighted by Gasteiger charge is -2.29. The number of halogens is 1. The largest absolute Gasteiger partial charge is 0.368 e. The molecule has 0 fully saturated rings. The highest BCUT2D eigenvalue weighted by Crippen LogP contribution is 2.28. The zero-order chi connectivity index (χ0) is 12.1. The maximum Gasteiger partial charge on any atom is 0.0992 e. The Morgan fingerprint density at radius 1 is 1.44 bits per heavy atom. The number of nitriles is 1. The predicted molar refractivity (Wildman–Crippen MR) is 68.9 cm³/mol. The van der Waals surface area contributed by atoms with Gasteiger partial charge in [0.15, 0.2) is 0 Å². The van der Waals surface area contributed by atoms with E-state index in [0.29, 0.717) is 16.6 Å². The number of hydrogen-bond acceptors (Lipinski definition) is 2. The molecule has 86 valence electrons. The molecule has 1 aromatic rings. The summed E-state index contributed by atoms with van der Waals surface area (Å²) < 4.78 is 0. The van der Waals surface area contributed by atoms with Crippen molar-refractivity contribution in [3.63, 3.8) is 0 Å². The molecule has 0 heterocycles. The number of rotatable bonds is 4. The highest BCUT2D eigenvalue weighted by Gasteiger charge is 2.13. The Balaban J connectivity index is 3.06. The summed E-state index contributed by atoms with van der Waals surface area (Å²) >= 11 is 6.19. The van der Waals surface area contributed by atoms with E-state index in [9.17, 15) is 0 Å². The number of anilines is 1. The molecule has 0 spiro atoms. The normalized spacial score (nSPS) is 10.2. The summed E-state index contributed by atoms with van der Waals surface area (Å²) in [5.74, 6) is 0. The predicted octanol–water partition coefficient (Wildman–Crippen LogP) is 3.84. The maximum atomic E-state index is 8.78. The van der Waals surface area contributed by atoms with Crippen LogP contribution in [0, 0.1) is 11.3 Å². The second kappa shape index (κ2) is 5.77. The zero-order valence-corrected chi connectivity index (χ0v) is 10.8. The molecule has 16 heavy (non-hydrogen) atoms. The van der Waals surface area contributed by atoms with Crippen LogP contribution in [0.25, 0.3) is 0 Å². The summed E-state index contributed by atoms with van der Waals surface area (Å²) in [5.41, 5.74) is 1.62. The van der Waals surface area contributed by atoms with Gasteiger partial charge < -0.3 is 4.90 Å². The van der Waals surface area contributed by atoms with Gasteiger partial charge in [0.05, 0.1) is 22.3 Å². The van der Waals surface area contributed by atoms with Crippen molar-refractivity contribution in [2.45, 2.75) is 33.2 Å².